The van der Waals surface area contributed by atoms with Gasteiger partial charge < -0.3 is 19.9 Å². The molecule has 2 aromatic heterocycles. The Morgan fingerprint density at radius 1 is 1.05 bits per heavy atom. The van der Waals surface area contributed by atoms with E-state index in [9.17, 15) is 14.4 Å². The summed E-state index contributed by atoms with van der Waals surface area (Å²) in [6.07, 6.45) is 3.71. The van der Waals surface area contributed by atoms with E-state index in [1.165, 1.54) is 22.9 Å². The molecule has 4 rings (SSSR count). The molecule has 2 aromatic carbocycles. The van der Waals surface area contributed by atoms with Gasteiger partial charge in [0.25, 0.3) is 5.91 Å². The number of carbonyl (C=O) groups is 3. The van der Waals surface area contributed by atoms with Crippen LogP contribution < -0.4 is 10.1 Å². The molecule has 12 heteroatoms. The number of likely N-dealkylation sites (N-methyl/N-ethyl adjacent to an activating group) is 1. The number of rotatable bonds is 9. The van der Waals surface area contributed by atoms with E-state index in [4.69, 9.17) is 27.9 Å². The SMILES string of the molecule is Cc1nc2c(OC(c3c(Cl)cccc3Cl)N(C)C(=O)CNC(=O)C=Cc3ccc(C(=O)N(C)C)cc3)cccn2c1Br. The zero-order chi connectivity index (χ0) is 30.6. The molecule has 0 radical (unpaired) electrons. The predicted molar refractivity (Wildman–Crippen MR) is 167 cm³/mol. The third-order valence-electron chi connectivity index (χ3n) is 6.35. The molecule has 0 aliphatic carbocycles. The molecule has 3 amide bonds. The van der Waals surface area contributed by atoms with Crippen molar-refractivity contribution in [3.63, 3.8) is 0 Å². The molecule has 42 heavy (non-hydrogen) atoms. The van der Waals surface area contributed by atoms with Crippen molar-refractivity contribution in [2.45, 2.75) is 13.2 Å². The molecule has 0 saturated carbocycles. The van der Waals surface area contributed by atoms with Gasteiger partial charge in [-0.05, 0) is 70.9 Å². The third-order valence-corrected chi connectivity index (χ3v) is 7.97. The van der Waals surface area contributed by atoms with E-state index in [0.29, 0.717) is 32.6 Å². The van der Waals surface area contributed by atoms with Crippen LogP contribution in [0.25, 0.3) is 11.7 Å². The molecule has 218 valence electrons. The highest BCUT2D eigenvalue weighted by Gasteiger charge is 2.29. The summed E-state index contributed by atoms with van der Waals surface area (Å²) in [5, 5.41) is 3.22. The summed E-state index contributed by atoms with van der Waals surface area (Å²) in [5.41, 5.74) is 2.95. The fourth-order valence-corrected chi connectivity index (χ4v) is 5.02. The summed E-state index contributed by atoms with van der Waals surface area (Å²) < 4.78 is 8.95. The number of hydrogen-bond acceptors (Lipinski definition) is 5. The van der Waals surface area contributed by atoms with Crippen LogP contribution >= 0.6 is 39.1 Å². The first-order valence-electron chi connectivity index (χ1n) is 12.7. The maximum absolute atomic E-state index is 13.3. The first kappa shape index (κ1) is 31.1. The van der Waals surface area contributed by atoms with Gasteiger partial charge in [0.1, 0.15) is 4.60 Å². The quantitative estimate of drug-likeness (QED) is 0.180. The van der Waals surface area contributed by atoms with Crippen LogP contribution in [0.1, 0.15) is 33.4 Å². The van der Waals surface area contributed by atoms with Gasteiger partial charge in [-0.1, -0.05) is 41.4 Å². The summed E-state index contributed by atoms with van der Waals surface area (Å²) in [6, 6.07) is 15.4. The van der Waals surface area contributed by atoms with Crippen LogP contribution in [0.5, 0.6) is 5.75 Å². The minimum Gasteiger partial charge on any atom is -0.462 e. The van der Waals surface area contributed by atoms with Crippen molar-refractivity contribution in [3.05, 3.63) is 104 Å². The number of ether oxygens (including phenoxy) is 1. The zero-order valence-electron chi connectivity index (χ0n) is 23.3. The molecule has 1 atom stereocenters. The van der Waals surface area contributed by atoms with Gasteiger partial charge in [-0.15, -0.1) is 0 Å². The van der Waals surface area contributed by atoms with Crippen molar-refractivity contribution in [1.82, 2.24) is 24.5 Å². The van der Waals surface area contributed by atoms with Gasteiger partial charge in [0.2, 0.25) is 18.0 Å². The monoisotopic (exact) mass is 671 g/mol. The van der Waals surface area contributed by atoms with Crippen molar-refractivity contribution in [3.8, 4) is 5.75 Å². The van der Waals surface area contributed by atoms with Crippen LogP contribution in [-0.2, 0) is 9.59 Å². The van der Waals surface area contributed by atoms with Gasteiger partial charge in [0.15, 0.2) is 11.4 Å². The number of nitrogens with one attached hydrogen (secondary N) is 1. The lowest BCUT2D eigenvalue weighted by Crippen LogP contribution is -2.41. The van der Waals surface area contributed by atoms with E-state index in [1.807, 2.05) is 17.5 Å². The minimum absolute atomic E-state index is 0.115. The van der Waals surface area contributed by atoms with Gasteiger partial charge in [-0.3, -0.25) is 18.8 Å². The second kappa shape index (κ2) is 13.4. The summed E-state index contributed by atoms with van der Waals surface area (Å²) in [5.74, 6) is -0.634. The molecule has 9 nitrogen and oxygen atoms in total. The molecular formula is C30H28BrCl2N5O4. The number of imidazole rings is 1. The van der Waals surface area contributed by atoms with Crippen LogP contribution in [0.2, 0.25) is 10.0 Å². The first-order valence-corrected chi connectivity index (χ1v) is 14.3. The van der Waals surface area contributed by atoms with Crippen LogP contribution in [0, 0.1) is 6.92 Å². The van der Waals surface area contributed by atoms with E-state index in [0.717, 1.165) is 15.9 Å². The Kier molecular flexibility index (Phi) is 9.93. The second-order valence-corrected chi connectivity index (χ2v) is 11.1. The first-order chi connectivity index (χ1) is 20.0. The number of amides is 3. The highest BCUT2D eigenvalue weighted by molar-refractivity contribution is 9.10. The number of hydrogen-bond donors (Lipinski definition) is 1. The fraction of sp³-hybridized carbons (Fsp3) is 0.200. The number of halogens is 3. The average Bonchev–Trinajstić information content (AvgIpc) is 3.27. The van der Waals surface area contributed by atoms with Gasteiger partial charge >= 0.3 is 0 Å². The molecule has 0 saturated heterocycles. The lowest BCUT2D eigenvalue weighted by atomic mass is 10.1. The minimum atomic E-state index is -1.03. The Bertz CT molecular complexity index is 1650. The van der Waals surface area contributed by atoms with Crippen molar-refractivity contribution < 1.29 is 19.1 Å². The highest BCUT2D eigenvalue weighted by Crippen LogP contribution is 2.36. The molecule has 4 aromatic rings. The number of fused-ring (bicyclic) bond motifs is 1. The maximum Gasteiger partial charge on any atom is 0.253 e. The van der Waals surface area contributed by atoms with E-state index in [-0.39, 0.29) is 12.5 Å². The van der Waals surface area contributed by atoms with Crippen molar-refractivity contribution in [1.29, 1.82) is 0 Å². The molecular weight excluding hydrogens is 645 g/mol. The number of benzene rings is 2. The summed E-state index contributed by atoms with van der Waals surface area (Å²) in [6.45, 7) is 1.55. The normalized spacial score (nSPS) is 11.9. The van der Waals surface area contributed by atoms with Crippen LogP contribution in [0.15, 0.2) is 71.5 Å². The molecule has 0 fully saturated rings. The van der Waals surface area contributed by atoms with Gasteiger partial charge in [-0.2, -0.15) is 0 Å². The lowest BCUT2D eigenvalue weighted by Gasteiger charge is -2.30. The molecule has 0 bridgehead atoms. The predicted octanol–water partition coefficient (Wildman–Crippen LogP) is 5.78. The second-order valence-electron chi connectivity index (χ2n) is 9.54. The smallest absolute Gasteiger partial charge is 0.253 e. The fourth-order valence-electron chi connectivity index (χ4n) is 4.06. The van der Waals surface area contributed by atoms with E-state index >= 15 is 0 Å². The summed E-state index contributed by atoms with van der Waals surface area (Å²) >= 11 is 16.6. The topological polar surface area (TPSA) is 96.2 Å². The Balaban J connectivity index is 1.50. The number of aromatic nitrogens is 2. The number of carbonyl (C=O) groups excluding carboxylic acids is 3. The maximum atomic E-state index is 13.3. The molecule has 0 aliphatic heterocycles. The molecule has 0 aliphatic rings. The van der Waals surface area contributed by atoms with Crippen molar-refractivity contribution >= 4 is 68.6 Å². The lowest BCUT2D eigenvalue weighted by molar-refractivity contribution is -0.138. The van der Waals surface area contributed by atoms with Crippen LogP contribution in [0.4, 0.5) is 0 Å². The van der Waals surface area contributed by atoms with Gasteiger partial charge in [-0.25, -0.2) is 4.98 Å². The molecule has 1 unspecified atom stereocenters. The van der Waals surface area contributed by atoms with Crippen molar-refractivity contribution in [2.24, 2.45) is 0 Å². The number of aryl methyl sites for hydroxylation is 1. The molecule has 1 N–H and O–H groups in total. The van der Waals surface area contributed by atoms with Gasteiger partial charge in [0.05, 0.1) is 27.8 Å². The largest absolute Gasteiger partial charge is 0.462 e. The Morgan fingerprint density at radius 2 is 1.71 bits per heavy atom. The Morgan fingerprint density at radius 3 is 2.36 bits per heavy atom. The van der Waals surface area contributed by atoms with E-state index < -0.39 is 18.0 Å². The number of pyridine rings is 1. The average molecular weight is 673 g/mol. The standard InChI is InChI=1S/C30H28BrCl2N5O4/c1-18-27(31)38-16-6-9-23(28(38)35-18)42-30(26-21(32)7-5-8-22(26)33)37(4)25(40)17-34-24(39)15-12-19-10-13-20(14-11-19)29(41)36(2)3/h5-16,30H,17H2,1-4H3,(H,34,39). The Hall–Kier alpha value is -3.86. The van der Waals surface area contributed by atoms with E-state index in [2.05, 4.69) is 26.2 Å². The summed E-state index contributed by atoms with van der Waals surface area (Å²) in [4.78, 5) is 45.2. The van der Waals surface area contributed by atoms with Gasteiger partial charge in [0, 0.05) is 39.0 Å². The zero-order valence-corrected chi connectivity index (χ0v) is 26.4. The van der Waals surface area contributed by atoms with Crippen LogP contribution in [0.3, 0.4) is 0 Å². The molecule has 2 heterocycles. The Labute approximate surface area is 261 Å². The molecule has 0 spiro atoms. The third kappa shape index (κ3) is 6.95. The van der Waals surface area contributed by atoms with E-state index in [1.54, 1.807) is 74.8 Å². The highest BCUT2D eigenvalue weighted by atomic mass is 79.9. The number of nitrogens with zero attached hydrogens (tertiary/aromatic N) is 4. The summed E-state index contributed by atoms with van der Waals surface area (Å²) in [7, 11) is 4.89. The van der Waals surface area contributed by atoms with Crippen LogP contribution in [-0.4, -0.2) is 64.6 Å². The van der Waals surface area contributed by atoms with Crippen molar-refractivity contribution in [2.75, 3.05) is 27.7 Å².